The summed E-state index contributed by atoms with van der Waals surface area (Å²) in [7, 11) is 1.69. The van der Waals surface area contributed by atoms with Crippen LogP contribution in [0.4, 0.5) is 0 Å². The molecule has 1 aliphatic rings. The van der Waals surface area contributed by atoms with Crippen LogP contribution in [0.5, 0.6) is 5.75 Å². The molecule has 3 heterocycles. The van der Waals surface area contributed by atoms with Gasteiger partial charge in [0, 0.05) is 42.5 Å². The molecular formula is C22H23N3O2. The minimum absolute atomic E-state index is 0.000982. The Morgan fingerprint density at radius 1 is 1.22 bits per heavy atom. The lowest BCUT2D eigenvalue weighted by Gasteiger charge is -2.32. The number of pyridine rings is 2. The van der Waals surface area contributed by atoms with E-state index in [4.69, 9.17) is 9.72 Å². The predicted molar refractivity (Wildman–Crippen MR) is 105 cm³/mol. The van der Waals surface area contributed by atoms with E-state index in [0.717, 1.165) is 47.2 Å². The summed E-state index contributed by atoms with van der Waals surface area (Å²) in [4.78, 5) is 23.6. The fourth-order valence-corrected chi connectivity index (χ4v) is 3.86. The van der Waals surface area contributed by atoms with Gasteiger partial charge >= 0.3 is 0 Å². The summed E-state index contributed by atoms with van der Waals surface area (Å²) in [5.74, 6) is 1.12. The fraction of sp³-hybridized carbons (Fsp3) is 0.318. The molecule has 1 fully saturated rings. The summed E-state index contributed by atoms with van der Waals surface area (Å²) in [5.41, 5.74) is 2.67. The van der Waals surface area contributed by atoms with Gasteiger partial charge in [-0.05, 0) is 61.0 Å². The maximum Gasteiger partial charge on any atom is 0.272 e. The second-order valence-corrected chi connectivity index (χ2v) is 7.03. The molecule has 5 heteroatoms. The van der Waals surface area contributed by atoms with E-state index in [1.54, 1.807) is 19.4 Å². The highest BCUT2D eigenvalue weighted by atomic mass is 16.5. The fourth-order valence-electron chi connectivity index (χ4n) is 3.86. The summed E-state index contributed by atoms with van der Waals surface area (Å²) in [5, 5.41) is 2.27. The van der Waals surface area contributed by atoms with Crippen LogP contribution >= 0.6 is 0 Å². The summed E-state index contributed by atoms with van der Waals surface area (Å²) in [6, 6.07) is 11.6. The molecule has 2 aromatic heterocycles. The molecule has 0 spiro atoms. The van der Waals surface area contributed by atoms with Crippen molar-refractivity contribution in [3.8, 4) is 5.75 Å². The molecule has 1 saturated heterocycles. The van der Waals surface area contributed by atoms with E-state index >= 15 is 0 Å². The monoisotopic (exact) mass is 361 g/mol. The Kier molecular flexibility index (Phi) is 4.75. The molecule has 5 nitrogen and oxygen atoms in total. The van der Waals surface area contributed by atoms with Crippen molar-refractivity contribution in [3.05, 3.63) is 65.7 Å². The number of aromatic nitrogens is 2. The number of ether oxygens (including phenoxy) is 1. The number of rotatable bonds is 3. The van der Waals surface area contributed by atoms with Gasteiger partial charge in [0.15, 0.2) is 0 Å². The molecule has 1 amide bonds. The third-order valence-electron chi connectivity index (χ3n) is 5.37. The predicted octanol–water partition coefficient (Wildman–Crippen LogP) is 3.97. The number of benzene rings is 1. The Bertz CT molecular complexity index is 972. The zero-order chi connectivity index (χ0) is 18.8. The molecule has 0 radical (unpaired) electrons. The number of methoxy groups -OCH3 is 1. The van der Waals surface area contributed by atoms with E-state index in [-0.39, 0.29) is 11.8 Å². The van der Waals surface area contributed by atoms with Crippen LogP contribution in [0.3, 0.4) is 0 Å². The van der Waals surface area contributed by atoms with E-state index in [1.165, 1.54) is 0 Å². The summed E-state index contributed by atoms with van der Waals surface area (Å²) in [6.07, 6.45) is 5.60. The van der Waals surface area contributed by atoms with Gasteiger partial charge in [0.2, 0.25) is 0 Å². The van der Waals surface area contributed by atoms with Crippen molar-refractivity contribution in [3.63, 3.8) is 0 Å². The summed E-state index contributed by atoms with van der Waals surface area (Å²) in [6.45, 7) is 3.52. The van der Waals surface area contributed by atoms with Crippen LogP contribution in [0.2, 0.25) is 0 Å². The number of fused-ring (bicyclic) bond motifs is 1. The molecule has 27 heavy (non-hydrogen) atoms. The Hall–Kier alpha value is -2.95. The molecule has 138 valence electrons. The summed E-state index contributed by atoms with van der Waals surface area (Å²) < 4.78 is 5.46. The SMILES string of the molecule is COc1ccc2cnc(C3CCCN(C(=O)c4ccccn4)C3)cc2c1C. The van der Waals surface area contributed by atoms with Crippen molar-refractivity contribution >= 4 is 16.7 Å². The number of hydrogen-bond donors (Lipinski definition) is 0. The maximum absolute atomic E-state index is 12.8. The average molecular weight is 361 g/mol. The molecule has 1 aliphatic heterocycles. The summed E-state index contributed by atoms with van der Waals surface area (Å²) >= 11 is 0. The highest BCUT2D eigenvalue weighted by Crippen LogP contribution is 2.31. The van der Waals surface area contributed by atoms with Gasteiger partial charge in [-0.15, -0.1) is 0 Å². The van der Waals surface area contributed by atoms with Crippen molar-refractivity contribution in [2.24, 2.45) is 0 Å². The third-order valence-corrected chi connectivity index (χ3v) is 5.37. The van der Waals surface area contributed by atoms with Gasteiger partial charge in [0.25, 0.3) is 5.91 Å². The Labute approximate surface area is 159 Å². The van der Waals surface area contributed by atoms with Crippen LogP contribution in [0.25, 0.3) is 10.8 Å². The molecule has 1 unspecified atom stereocenters. The van der Waals surface area contributed by atoms with E-state index in [0.29, 0.717) is 12.2 Å². The van der Waals surface area contributed by atoms with Crippen LogP contribution in [0.15, 0.2) is 48.8 Å². The van der Waals surface area contributed by atoms with Gasteiger partial charge in [-0.3, -0.25) is 14.8 Å². The number of aryl methyl sites for hydroxylation is 1. The highest BCUT2D eigenvalue weighted by Gasteiger charge is 2.27. The molecule has 0 aliphatic carbocycles. The first-order valence-corrected chi connectivity index (χ1v) is 9.31. The van der Waals surface area contributed by atoms with Crippen molar-refractivity contribution in [2.75, 3.05) is 20.2 Å². The number of hydrogen-bond acceptors (Lipinski definition) is 4. The van der Waals surface area contributed by atoms with Crippen LogP contribution < -0.4 is 4.74 Å². The van der Waals surface area contributed by atoms with Crippen molar-refractivity contribution in [1.82, 2.24) is 14.9 Å². The quantitative estimate of drug-likeness (QED) is 0.708. The smallest absolute Gasteiger partial charge is 0.272 e. The largest absolute Gasteiger partial charge is 0.496 e. The van der Waals surface area contributed by atoms with Crippen LogP contribution in [0.1, 0.15) is 40.5 Å². The zero-order valence-corrected chi connectivity index (χ0v) is 15.7. The Morgan fingerprint density at radius 3 is 2.89 bits per heavy atom. The molecule has 3 aromatic rings. The topological polar surface area (TPSA) is 55.3 Å². The average Bonchev–Trinajstić information content (AvgIpc) is 2.74. The highest BCUT2D eigenvalue weighted by molar-refractivity contribution is 5.92. The van der Waals surface area contributed by atoms with Gasteiger partial charge in [-0.25, -0.2) is 0 Å². The molecule has 1 atom stereocenters. The minimum Gasteiger partial charge on any atom is -0.496 e. The number of nitrogens with zero attached hydrogens (tertiary/aromatic N) is 3. The van der Waals surface area contributed by atoms with Gasteiger partial charge in [0.1, 0.15) is 11.4 Å². The molecule has 1 aromatic carbocycles. The van der Waals surface area contributed by atoms with Gasteiger partial charge in [-0.2, -0.15) is 0 Å². The van der Waals surface area contributed by atoms with Crippen LogP contribution in [-0.4, -0.2) is 41.0 Å². The first-order chi connectivity index (χ1) is 13.2. The second kappa shape index (κ2) is 7.35. The molecule has 0 bridgehead atoms. The van der Waals surface area contributed by atoms with Crippen molar-refractivity contribution in [2.45, 2.75) is 25.7 Å². The molecule has 4 rings (SSSR count). The van der Waals surface area contributed by atoms with Gasteiger partial charge in [-0.1, -0.05) is 6.07 Å². The minimum atomic E-state index is -0.000982. The third kappa shape index (κ3) is 3.37. The van der Waals surface area contributed by atoms with Gasteiger partial charge < -0.3 is 9.64 Å². The molecular weight excluding hydrogens is 338 g/mol. The molecule has 0 saturated carbocycles. The lowest BCUT2D eigenvalue weighted by atomic mass is 9.92. The lowest BCUT2D eigenvalue weighted by Crippen LogP contribution is -2.39. The maximum atomic E-state index is 12.8. The van der Waals surface area contributed by atoms with Crippen LogP contribution in [-0.2, 0) is 0 Å². The number of likely N-dealkylation sites (tertiary alicyclic amines) is 1. The first kappa shape index (κ1) is 17.5. The van der Waals surface area contributed by atoms with E-state index in [9.17, 15) is 4.79 Å². The van der Waals surface area contributed by atoms with E-state index in [2.05, 4.69) is 18.0 Å². The van der Waals surface area contributed by atoms with Crippen molar-refractivity contribution in [1.29, 1.82) is 0 Å². The number of carbonyl (C=O) groups excluding carboxylic acids is 1. The number of amides is 1. The van der Waals surface area contributed by atoms with Crippen LogP contribution in [0, 0.1) is 6.92 Å². The molecule has 0 N–H and O–H groups in total. The van der Waals surface area contributed by atoms with Crippen molar-refractivity contribution < 1.29 is 9.53 Å². The van der Waals surface area contributed by atoms with E-state index in [1.807, 2.05) is 35.4 Å². The Balaban J connectivity index is 1.61. The normalized spacial score (nSPS) is 17.1. The Morgan fingerprint density at radius 2 is 2.11 bits per heavy atom. The standard InChI is InChI=1S/C22H23N3O2/c1-15-18-12-20(24-13-16(18)8-9-21(15)27-2)17-6-5-11-25(14-17)22(26)19-7-3-4-10-23-19/h3-4,7-10,12-13,17H,5-6,11,14H2,1-2H3. The van der Waals surface area contributed by atoms with Gasteiger partial charge in [0.05, 0.1) is 7.11 Å². The lowest BCUT2D eigenvalue weighted by molar-refractivity contribution is 0.0700. The second-order valence-electron chi connectivity index (χ2n) is 7.03. The van der Waals surface area contributed by atoms with E-state index < -0.39 is 0 Å². The zero-order valence-electron chi connectivity index (χ0n) is 15.7. The number of carbonyl (C=O) groups is 1. The first-order valence-electron chi connectivity index (χ1n) is 9.31. The number of piperidine rings is 1.